The number of hydrogen-bond donors (Lipinski definition) is 1. The van der Waals surface area contributed by atoms with Crippen molar-refractivity contribution in [2.45, 2.75) is 20.3 Å². The third kappa shape index (κ3) is 3.46. The van der Waals surface area contributed by atoms with Crippen molar-refractivity contribution < 1.29 is 18.4 Å². The summed E-state index contributed by atoms with van der Waals surface area (Å²) in [5.74, 6) is 2.17. The molecule has 4 rings (SSSR count). The van der Waals surface area contributed by atoms with E-state index >= 15 is 0 Å². The lowest BCUT2D eigenvalue weighted by atomic mass is 10.2. The van der Waals surface area contributed by atoms with Gasteiger partial charge in [0.05, 0.1) is 24.9 Å². The van der Waals surface area contributed by atoms with E-state index in [9.17, 15) is 4.79 Å². The minimum Gasteiger partial charge on any atom is -0.497 e. The highest BCUT2D eigenvalue weighted by Crippen LogP contribution is 2.26. The fourth-order valence-electron chi connectivity index (χ4n) is 2.95. The van der Waals surface area contributed by atoms with Crippen molar-refractivity contribution in [3.05, 3.63) is 59.8 Å². The molecule has 1 amide bonds. The molecule has 2 aromatic carbocycles. The van der Waals surface area contributed by atoms with Gasteiger partial charge < -0.3 is 18.9 Å². The van der Waals surface area contributed by atoms with E-state index in [0.717, 1.165) is 11.3 Å². The zero-order valence-corrected chi connectivity index (χ0v) is 15.8. The molecule has 0 bridgehead atoms. The van der Waals surface area contributed by atoms with Crippen molar-refractivity contribution in [1.82, 2.24) is 9.97 Å². The van der Waals surface area contributed by atoms with Crippen molar-refractivity contribution in [2.24, 2.45) is 0 Å². The molecule has 0 saturated carbocycles. The molecule has 0 unspecified atom stereocenters. The third-order valence-corrected chi connectivity index (χ3v) is 4.35. The van der Waals surface area contributed by atoms with E-state index in [2.05, 4.69) is 15.3 Å². The largest absolute Gasteiger partial charge is 0.497 e. The number of amides is 1. The second-order valence-electron chi connectivity index (χ2n) is 6.36. The zero-order valence-electron chi connectivity index (χ0n) is 15.8. The van der Waals surface area contributed by atoms with Crippen LogP contribution in [0.25, 0.3) is 22.6 Å². The Morgan fingerprint density at radius 3 is 2.61 bits per heavy atom. The minimum atomic E-state index is -0.209. The number of para-hydroxylation sites is 1. The van der Waals surface area contributed by atoms with Crippen molar-refractivity contribution in [3.8, 4) is 17.2 Å². The van der Waals surface area contributed by atoms with Crippen LogP contribution in [0.15, 0.2) is 51.3 Å². The van der Waals surface area contributed by atoms with Gasteiger partial charge in [-0.3, -0.25) is 4.79 Å². The molecule has 0 saturated heterocycles. The van der Waals surface area contributed by atoms with Crippen LogP contribution in [0.3, 0.4) is 0 Å². The number of ether oxygens (including phenoxy) is 1. The summed E-state index contributed by atoms with van der Waals surface area (Å²) in [7, 11) is 1.61. The summed E-state index contributed by atoms with van der Waals surface area (Å²) in [6, 6.07) is 12.8. The first-order valence-corrected chi connectivity index (χ1v) is 8.80. The number of anilines is 1. The summed E-state index contributed by atoms with van der Waals surface area (Å²) < 4.78 is 16.5. The van der Waals surface area contributed by atoms with E-state index in [4.69, 9.17) is 13.6 Å². The Balaban J connectivity index is 1.52. The van der Waals surface area contributed by atoms with Gasteiger partial charge in [-0.25, -0.2) is 9.97 Å². The predicted molar refractivity (Wildman–Crippen MR) is 104 cm³/mol. The SMILES string of the molecule is COc1ccc(-c2nc(CC(=O)Nc3cccc4nc(C)oc34)c(C)o2)cc1. The van der Waals surface area contributed by atoms with Gasteiger partial charge >= 0.3 is 0 Å². The van der Waals surface area contributed by atoms with Crippen LogP contribution in [0.4, 0.5) is 5.69 Å². The van der Waals surface area contributed by atoms with Crippen LogP contribution in [0.1, 0.15) is 17.3 Å². The van der Waals surface area contributed by atoms with E-state index in [1.54, 1.807) is 27.0 Å². The molecule has 0 atom stereocenters. The van der Waals surface area contributed by atoms with Gasteiger partial charge in [-0.05, 0) is 43.3 Å². The van der Waals surface area contributed by atoms with Gasteiger partial charge in [0.1, 0.15) is 17.0 Å². The highest BCUT2D eigenvalue weighted by Gasteiger charge is 2.16. The first-order valence-electron chi connectivity index (χ1n) is 8.80. The first-order chi connectivity index (χ1) is 13.5. The fraction of sp³-hybridized carbons (Fsp3) is 0.190. The number of hydrogen-bond acceptors (Lipinski definition) is 6. The lowest BCUT2D eigenvalue weighted by Gasteiger charge is -2.04. The predicted octanol–water partition coefficient (Wildman–Crippen LogP) is 4.29. The minimum absolute atomic E-state index is 0.0923. The van der Waals surface area contributed by atoms with Crippen LogP contribution in [0.2, 0.25) is 0 Å². The Labute approximate surface area is 161 Å². The van der Waals surface area contributed by atoms with Crippen LogP contribution in [-0.2, 0) is 11.2 Å². The van der Waals surface area contributed by atoms with Gasteiger partial charge in [-0.15, -0.1) is 0 Å². The molecule has 2 aromatic heterocycles. The van der Waals surface area contributed by atoms with Crippen LogP contribution >= 0.6 is 0 Å². The lowest BCUT2D eigenvalue weighted by Crippen LogP contribution is -2.15. The second-order valence-corrected chi connectivity index (χ2v) is 6.36. The highest BCUT2D eigenvalue weighted by atomic mass is 16.5. The molecule has 0 fully saturated rings. The number of oxazole rings is 2. The van der Waals surface area contributed by atoms with Crippen molar-refractivity contribution in [2.75, 3.05) is 12.4 Å². The maximum Gasteiger partial charge on any atom is 0.230 e. The van der Waals surface area contributed by atoms with E-state index in [-0.39, 0.29) is 12.3 Å². The smallest absolute Gasteiger partial charge is 0.230 e. The standard InChI is InChI=1S/C21H19N3O4/c1-12-18(24-21(27-12)14-7-9-15(26-3)10-8-14)11-19(25)23-17-6-4-5-16-20(17)28-13(2)22-16/h4-10H,11H2,1-3H3,(H,23,25). The van der Waals surface area contributed by atoms with Gasteiger partial charge in [-0.1, -0.05) is 6.07 Å². The summed E-state index contributed by atoms with van der Waals surface area (Å²) in [4.78, 5) is 21.3. The molecule has 0 aliphatic carbocycles. The van der Waals surface area contributed by atoms with Crippen molar-refractivity contribution in [1.29, 1.82) is 0 Å². The van der Waals surface area contributed by atoms with Crippen LogP contribution in [0.5, 0.6) is 5.75 Å². The monoisotopic (exact) mass is 377 g/mol. The zero-order chi connectivity index (χ0) is 19.7. The summed E-state index contributed by atoms with van der Waals surface area (Å²) >= 11 is 0. The van der Waals surface area contributed by atoms with Gasteiger partial charge in [0.15, 0.2) is 11.5 Å². The molecule has 4 aromatic rings. The molecule has 2 heterocycles. The van der Waals surface area contributed by atoms with E-state index in [0.29, 0.717) is 40.0 Å². The Bertz CT molecular complexity index is 1140. The molecule has 0 aliphatic rings. The molecule has 1 N–H and O–H groups in total. The fourth-order valence-corrected chi connectivity index (χ4v) is 2.95. The highest BCUT2D eigenvalue weighted by molar-refractivity contribution is 5.99. The average Bonchev–Trinajstić information content (AvgIpc) is 3.24. The van der Waals surface area contributed by atoms with Crippen molar-refractivity contribution >= 4 is 22.7 Å². The number of nitrogens with zero attached hydrogens (tertiary/aromatic N) is 2. The third-order valence-electron chi connectivity index (χ3n) is 4.35. The molecule has 7 nitrogen and oxygen atoms in total. The Hall–Kier alpha value is -3.61. The maximum absolute atomic E-state index is 12.5. The number of fused-ring (bicyclic) bond motifs is 1. The molecule has 0 aliphatic heterocycles. The maximum atomic E-state index is 12.5. The topological polar surface area (TPSA) is 90.4 Å². The Kier molecular flexibility index (Phi) is 4.57. The Morgan fingerprint density at radius 1 is 1.07 bits per heavy atom. The van der Waals surface area contributed by atoms with E-state index < -0.39 is 0 Å². The van der Waals surface area contributed by atoms with E-state index in [1.165, 1.54) is 0 Å². The van der Waals surface area contributed by atoms with Gasteiger partial charge in [0, 0.05) is 12.5 Å². The molecule has 28 heavy (non-hydrogen) atoms. The summed E-state index contributed by atoms with van der Waals surface area (Å²) in [5, 5.41) is 2.87. The molecule has 142 valence electrons. The van der Waals surface area contributed by atoms with Crippen molar-refractivity contribution in [3.63, 3.8) is 0 Å². The first kappa shape index (κ1) is 17.8. The molecule has 0 spiro atoms. The number of aryl methyl sites for hydroxylation is 2. The summed E-state index contributed by atoms with van der Waals surface area (Å²) in [5.41, 5.74) is 3.25. The van der Waals surface area contributed by atoms with Gasteiger partial charge in [-0.2, -0.15) is 0 Å². The van der Waals surface area contributed by atoms with Crippen LogP contribution in [0, 0.1) is 13.8 Å². The number of carbonyl (C=O) groups excluding carboxylic acids is 1. The number of aromatic nitrogens is 2. The quantitative estimate of drug-likeness (QED) is 0.558. The number of methoxy groups -OCH3 is 1. The molecule has 0 radical (unpaired) electrons. The molecular formula is C21H19N3O4. The molecular weight excluding hydrogens is 358 g/mol. The summed E-state index contributed by atoms with van der Waals surface area (Å²) in [6.07, 6.45) is 0.0923. The van der Waals surface area contributed by atoms with Crippen LogP contribution in [-0.4, -0.2) is 23.0 Å². The number of carbonyl (C=O) groups is 1. The lowest BCUT2D eigenvalue weighted by molar-refractivity contribution is -0.115. The van der Waals surface area contributed by atoms with Gasteiger partial charge in [0.25, 0.3) is 0 Å². The van der Waals surface area contributed by atoms with Crippen LogP contribution < -0.4 is 10.1 Å². The number of benzene rings is 2. The second kappa shape index (κ2) is 7.19. The number of rotatable bonds is 5. The average molecular weight is 377 g/mol. The Morgan fingerprint density at radius 2 is 1.86 bits per heavy atom. The molecule has 7 heteroatoms. The van der Waals surface area contributed by atoms with E-state index in [1.807, 2.05) is 36.4 Å². The summed E-state index contributed by atoms with van der Waals surface area (Å²) in [6.45, 7) is 3.56. The normalized spacial score (nSPS) is 11.0. The number of nitrogens with one attached hydrogen (secondary N) is 1. The van der Waals surface area contributed by atoms with Gasteiger partial charge in [0.2, 0.25) is 11.8 Å².